The van der Waals surface area contributed by atoms with Gasteiger partial charge in [-0.05, 0) is 31.0 Å². The number of rotatable bonds is 5. The van der Waals surface area contributed by atoms with Crippen LogP contribution in [0, 0.1) is 0 Å². The third kappa shape index (κ3) is 2.42. The number of nitrogen functional groups attached to an aromatic ring is 1. The molecule has 2 rings (SSSR count). The molecule has 0 saturated carbocycles. The molecule has 1 heterocycles. The number of aliphatic hydroxyl groups excluding tert-OH is 1. The predicted octanol–water partition coefficient (Wildman–Crippen LogP) is 1.95. The number of aromatic nitrogens is 2. The van der Waals surface area contributed by atoms with Gasteiger partial charge in [0.25, 0.3) is 0 Å². The van der Waals surface area contributed by atoms with Crippen LogP contribution in [0.4, 0.5) is 5.69 Å². The Balaban J connectivity index is 2.46. The highest BCUT2D eigenvalue weighted by molar-refractivity contribution is 5.79. The zero-order valence-electron chi connectivity index (χ0n) is 10.2. The van der Waals surface area contributed by atoms with Crippen LogP contribution in [0.2, 0.25) is 0 Å². The topological polar surface area (TPSA) is 64.1 Å². The summed E-state index contributed by atoms with van der Waals surface area (Å²) in [5.41, 5.74) is 8.67. The number of benzene rings is 1. The van der Waals surface area contributed by atoms with Gasteiger partial charge >= 0.3 is 0 Å². The Morgan fingerprint density at radius 1 is 1.41 bits per heavy atom. The summed E-state index contributed by atoms with van der Waals surface area (Å²) in [7, 11) is 0. The molecule has 4 heteroatoms. The zero-order valence-corrected chi connectivity index (χ0v) is 10.2. The second kappa shape index (κ2) is 5.19. The van der Waals surface area contributed by atoms with Gasteiger partial charge in [0, 0.05) is 25.3 Å². The molecule has 3 N–H and O–H groups in total. The molecule has 0 unspecified atom stereocenters. The van der Waals surface area contributed by atoms with Gasteiger partial charge in [0.2, 0.25) is 0 Å². The highest BCUT2D eigenvalue weighted by atomic mass is 16.2. The monoisotopic (exact) mass is 233 g/mol. The number of nitrogens with zero attached hydrogens (tertiary/aromatic N) is 2. The number of hydrogen-bond acceptors (Lipinski definition) is 3. The fourth-order valence-corrected chi connectivity index (χ4v) is 2.09. The Bertz CT molecular complexity index is 505. The first-order valence-electron chi connectivity index (χ1n) is 6.11. The standard InChI is InChI=1S/C13H19N3O/c1-2-7-16-12-9-10(14)5-6-11(12)15-13(16)4-3-8-17/h5-6,9,17H,2-4,7-8,14H2,1H3. The summed E-state index contributed by atoms with van der Waals surface area (Å²) < 4.78 is 2.21. The highest BCUT2D eigenvalue weighted by Gasteiger charge is 2.09. The summed E-state index contributed by atoms with van der Waals surface area (Å²) in [4.78, 5) is 4.61. The Labute approximate surface area is 101 Å². The van der Waals surface area contributed by atoms with Gasteiger partial charge in [-0.15, -0.1) is 0 Å². The number of aliphatic hydroxyl groups is 1. The van der Waals surface area contributed by atoms with Crippen LogP contribution in [-0.4, -0.2) is 21.3 Å². The Morgan fingerprint density at radius 2 is 2.24 bits per heavy atom. The molecule has 0 spiro atoms. The van der Waals surface area contributed by atoms with E-state index in [4.69, 9.17) is 10.8 Å². The van der Waals surface area contributed by atoms with E-state index >= 15 is 0 Å². The first kappa shape index (κ1) is 11.9. The molecule has 0 saturated heterocycles. The lowest BCUT2D eigenvalue weighted by Crippen LogP contribution is -2.04. The van der Waals surface area contributed by atoms with Crippen molar-refractivity contribution in [2.24, 2.45) is 0 Å². The van der Waals surface area contributed by atoms with E-state index < -0.39 is 0 Å². The summed E-state index contributed by atoms with van der Waals surface area (Å²) in [5, 5.41) is 8.91. The van der Waals surface area contributed by atoms with E-state index in [1.165, 1.54) is 0 Å². The molecule has 0 fully saturated rings. The molecule has 2 aromatic rings. The number of imidazole rings is 1. The van der Waals surface area contributed by atoms with E-state index in [-0.39, 0.29) is 6.61 Å². The number of nitrogens with two attached hydrogens (primary N) is 1. The summed E-state index contributed by atoms with van der Waals surface area (Å²) >= 11 is 0. The molecule has 1 aromatic heterocycles. The van der Waals surface area contributed by atoms with Crippen molar-refractivity contribution in [2.45, 2.75) is 32.7 Å². The summed E-state index contributed by atoms with van der Waals surface area (Å²) in [5.74, 6) is 1.04. The van der Waals surface area contributed by atoms with E-state index in [0.717, 1.165) is 48.4 Å². The second-order valence-corrected chi connectivity index (χ2v) is 4.25. The minimum atomic E-state index is 0.206. The SMILES string of the molecule is CCCn1c(CCCO)nc2ccc(N)cc21. The average Bonchev–Trinajstić information content (AvgIpc) is 2.65. The molecule has 0 aliphatic rings. The van der Waals surface area contributed by atoms with Crippen LogP contribution in [-0.2, 0) is 13.0 Å². The number of anilines is 1. The summed E-state index contributed by atoms with van der Waals surface area (Å²) in [6, 6.07) is 5.81. The summed E-state index contributed by atoms with van der Waals surface area (Å²) in [6.07, 6.45) is 2.62. The van der Waals surface area contributed by atoms with Gasteiger partial charge in [0.1, 0.15) is 5.82 Å². The average molecular weight is 233 g/mol. The van der Waals surface area contributed by atoms with Gasteiger partial charge in [-0.2, -0.15) is 0 Å². The molecule has 0 aliphatic heterocycles. The van der Waals surface area contributed by atoms with Crippen LogP contribution < -0.4 is 5.73 Å². The lowest BCUT2D eigenvalue weighted by molar-refractivity contribution is 0.287. The third-order valence-electron chi connectivity index (χ3n) is 2.86. The maximum atomic E-state index is 8.91. The molecule has 17 heavy (non-hydrogen) atoms. The van der Waals surface area contributed by atoms with Crippen molar-refractivity contribution in [1.82, 2.24) is 9.55 Å². The molecule has 0 amide bonds. The van der Waals surface area contributed by atoms with Crippen molar-refractivity contribution in [1.29, 1.82) is 0 Å². The van der Waals surface area contributed by atoms with Gasteiger partial charge in [-0.25, -0.2) is 4.98 Å². The molecular weight excluding hydrogens is 214 g/mol. The third-order valence-corrected chi connectivity index (χ3v) is 2.86. The van der Waals surface area contributed by atoms with Gasteiger partial charge in [0.05, 0.1) is 11.0 Å². The van der Waals surface area contributed by atoms with Crippen molar-refractivity contribution < 1.29 is 5.11 Å². The zero-order chi connectivity index (χ0) is 12.3. The van der Waals surface area contributed by atoms with Crippen LogP contribution in [0.25, 0.3) is 11.0 Å². The number of aryl methyl sites for hydroxylation is 2. The minimum absolute atomic E-state index is 0.206. The Hall–Kier alpha value is -1.55. The highest BCUT2D eigenvalue weighted by Crippen LogP contribution is 2.20. The first-order chi connectivity index (χ1) is 8.26. The van der Waals surface area contributed by atoms with Crippen molar-refractivity contribution >= 4 is 16.7 Å². The maximum absolute atomic E-state index is 8.91. The molecule has 0 atom stereocenters. The van der Waals surface area contributed by atoms with Crippen LogP contribution in [0.1, 0.15) is 25.6 Å². The lowest BCUT2D eigenvalue weighted by Gasteiger charge is -2.07. The van der Waals surface area contributed by atoms with E-state index in [9.17, 15) is 0 Å². The normalized spacial score (nSPS) is 11.2. The lowest BCUT2D eigenvalue weighted by atomic mass is 10.2. The van der Waals surface area contributed by atoms with Gasteiger partial charge in [0.15, 0.2) is 0 Å². The van der Waals surface area contributed by atoms with E-state index in [1.807, 2.05) is 18.2 Å². The molecule has 4 nitrogen and oxygen atoms in total. The smallest absolute Gasteiger partial charge is 0.109 e. The van der Waals surface area contributed by atoms with Gasteiger partial charge in [-0.1, -0.05) is 6.92 Å². The summed E-state index contributed by atoms with van der Waals surface area (Å²) in [6.45, 7) is 3.30. The van der Waals surface area contributed by atoms with Crippen LogP contribution >= 0.6 is 0 Å². The van der Waals surface area contributed by atoms with Crippen molar-refractivity contribution in [2.75, 3.05) is 12.3 Å². The maximum Gasteiger partial charge on any atom is 0.109 e. The van der Waals surface area contributed by atoms with Crippen molar-refractivity contribution in [3.63, 3.8) is 0 Å². The predicted molar refractivity (Wildman–Crippen MR) is 69.8 cm³/mol. The van der Waals surface area contributed by atoms with Gasteiger partial charge < -0.3 is 15.4 Å². The van der Waals surface area contributed by atoms with E-state index in [0.29, 0.717) is 0 Å². The van der Waals surface area contributed by atoms with Crippen LogP contribution in [0.3, 0.4) is 0 Å². The fraction of sp³-hybridized carbons (Fsp3) is 0.462. The van der Waals surface area contributed by atoms with E-state index in [2.05, 4.69) is 16.5 Å². The van der Waals surface area contributed by atoms with Crippen molar-refractivity contribution in [3.8, 4) is 0 Å². The number of fused-ring (bicyclic) bond motifs is 1. The molecule has 92 valence electrons. The number of hydrogen-bond donors (Lipinski definition) is 2. The quantitative estimate of drug-likeness (QED) is 0.776. The second-order valence-electron chi connectivity index (χ2n) is 4.25. The van der Waals surface area contributed by atoms with E-state index in [1.54, 1.807) is 0 Å². The minimum Gasteiger partial charge on any atom is -0.399 e. The molecular formula is C13H19N3O. The molecule has 0 aliphatic carbocycles. The van der Waals surface area contributed by atoms with Crippen LogP contribution in [0.15, 0.2) is 18.2 Å². The molecule has 1 aromatic carbocycles. The van der Waals surface area contributed by atoms with Crippen molar-refractivity contribution in [3.05, 3.63) is 24.0 Å². The largest absolute Gasteiger partial charge is 0.399 e. The van der Waals surface area contributed by atoms with Gasteiger partial charge in [-0.3, -0.25) is 0 Å². The Kier molecular flexibility index (Phi) is 3.64. The van der Waals surface area contributed by atoms with Crippen LogP contribution in [0.5, 0.6) is 0 Å². The molecule has 0 radical (unpaired) electrons. The Morgan fingerprint density at radius 3 is 2.94 bits per heavy atom. The fourth-order valence-electron chi connectivity index (χ4n) is 2.09. The molecule has 0 bridgehead atoms. The first-order valence-corrected chi connectivity index (χ1v) is 6.11.